The normalized spacial score (nSPS) is 14.8. The van der Waals surface area contributed by atoms with Crippen molar-refractivity contribution in [3.8, 4) is 5.75 Å². The van der Waals surface area contributed by atoms with E-state index in [4.69, 9.17) is 16.3 Å². The second kappa shape index (κ2) is 8.79. The maximum absolute atomic E-state index is 13.8. The Kier molecular flexibility index (Phi) is 6.07. The van der Waals surface area contributed by atoms with Crippen molar-refractivity contribution < 1.29 is 9.53 Å². The van der Waals surface area contributed by atoms with Crippen molar-refractivity contribution in [1.82, 2.24) is 9.97 Å². The van der Waals surface area contributed by atoms with E-state index >= 15 is 0 Å². The molecule has 1 aliphatic heterocycles. The quantitative estimate of drug-likeness (QED) is 0.537. The highest BCUT2D eigenvalue weighted by Gasteiger charge is 2.52. The number of hydrogen-bond acceptors (Lipinski definition) is 5. The van der Waals surface area contributed by atoms with Crippen LogP contribution in [0.5, 0.6) is 5.75 Å². The fourth-order valence-corrected chi connectivity index (χ4v) is 4.53. The number of methoxy groups -OCH3 is 1. The Morgan fingerprint density at radius 3 is 2.66 bits per heavy atom. The van der Waals surface area contributed by atoms with Crippen molar-refractivity contribution in [1.29, 1.82) is 0 Å². The lowest BCUT2D eigenvalue weighted by molar-refractivity contribution is -0.122. The van der Waals surface area contributed by atoms with Gasteiger partial charge in [0.05, 0.1) is 13.3 Å². The second-order valence-corrected chi connectivity index (χ2v) is 8.89. The molecule has 2 aromatic heterocycles. The lowest BCUT2D eigenvalue weighted by Gasteiger charge is -2.51. The third kappa shape index (κ3) is 3.91. The summed E-state index contributed by atoms with van der Waals surface area (Å²) < 4.78 is 5.41. The largest absolute Gasteiger partial charge is 0.494 e. The highest BCUT2D eigenvalue weighted by molar-refractivity contribution is 6.29. The van der Waals surface area contributed by atoms with Gasteiger partial charge in [0.15, 0.2) is 0 Å². The summed E-state index contributed by atoms with van der Waals surface area (Å²) in [6.07, 6.45) is 5.17. The predicted octanol–water partition coefficient (Wildman–Crippen LogP) is 4.97. The molecule has 1 N–H and O–H groups in total. The first-order valence-corrected chi connectivity index (χ1v) is 11.0. The van der Waals surface area contributed by atoms with Crippen molar-refractivity contribution in [2.24, 2.45) is 0 Å². The first kappa shape index (κ1) is 22.1. The molecule has 0 atom stereocenters. The highest BCUT2D eigenvalue weighted by Crippen LogP contribution is 2.43. The van der Waals surface area contributed by atoms with E-state index in [-0.39, 0.29) is 5.91 Å². The summed E-state index contributed by atoms with van der Waals surface area (Å²) in [5, 5.41) is 3.37. The van der Waals surface area contributed by atoms with Gasteiger partial charge in [0.2, 0.25) is 5.91 Å². The number of halogens is 1. The number of nitrogens with zero attached hydrogens (tertiary/aromatic N) is 3. The molecule has 0 spiro atoms. The van der Waals surface area contributed by atoms with Crippen LogP contribution in [0.3, 0.4) is 0 Å². The number of nitrogens with one attached hydrogen (secondary N) is 1. The average Bonchev–Trinajstić information content (AvgIpc) is 2.75. The van der Waals surface area contributed by atoms with Crippen LogP contribution < -0.4 is 15.0 Å². The topological polar surface area (TPSA) is 67.3 Å². The minimum Gasteiger partial charge on any atom is -0.494 e. The fourth-order valence-electron chi connectivity index (χ4n) is 4.39. The van der Waals surface area contributed by atoms with Crippen molar-refractivity contribution >= 4 is 28.9 Å². The standard InChI is InChI=1S/C25H27ClN4O2/c1-16(2)18-7-5-6-8-19(18)25(14-30(15-25)21-9-10-27-12-17(21)3)24(31)29-20-13-28-23(26)11-22(20)32-4/h5-13,16H,14-15H2,1-4H3,(H,29,31). The van der Waals surface area contributed by atoms with E-state index in [0.717, 1.165) is 16.8 Å². The van der Waals surface area contributed by atoms with Gasteiger partial charge in [-0.05, 0) is 35.6 Å². The number of anilines is 2. The second-order valence-electron chi connectivity index (χ2n) is 8.50. The molecule has 0 saturated carbocycles. The monoisotopic (exact) mass is 450 g/mol. The van der Waals surface area contributed by atoms with Gasteiger partial charge in [0, 0.05) is 37.2 Å². The van der Waals surface area contributed by atoms with Crippen LogP contribution >= 0.6 is 11.6 Å². The van der Waals surface area contributed by atoms with Crippen molar-refractivity contribution in [3.05, 3.63) is 76.8 Å². The van der Waals surface area contributed by atoms with Gasteiger partial charge in [-0.3, -0.25) is 9.78 Å². The summed E-state index contributed by atoms with van der Waals surface area (Å²) in [5.41, 5.74) is 4.20. The molecular weight excluding hydrogens is 424 g/mol. The van der Waals surface area contributed by atoms with E-state index in [1.54, 1.807) is 19.4 Å². The SMILES string of the molecule is COc1cc(Cl)ncc1NC(=O)C1(c2ccccc2C(C)C)CN(c2ccncc2C)C1. The smallest absolute Gasteiger partial charge is 0.238 e. The van der Waals surface area contributed by atoms with Crippen molar-refractivity contribution in [2.45, 2.75) is 32.1 Å². The molecule has 1 aliphatic rings. The molecule has 1 fully saturated rings. The molecule has 6 nitrogen and oxygen atoms in total. The molecule has 1 aromatic carbocycles. The van der Waals surface area contributed by atoms with Gasteiger partial charge in [-0.1, -0.05) is 49.7 Å². The zero-order valence-electron chi connectivity index (χ0n) is 18.7. The number of hydrogen-bond donors (Lipinski definition) is 1. The number of benzene rings is 1. The van der Waals surface area contributed by atoms with Gasteiger partial charge in [0.25, 0.3) is 0 Å². The minimum atomic E-state index is -0.707. The molecule has 1 saturated heterocycles. The van der Waals surface area contributed by atoms with Gasteiger partial charge < -0.3 is 15.0 Å². The van der Waals surface area contributed by atoms with Gasteiger partial charge >= 0.3 is 0 Å². The van der Waals surface area contributed by atoms with Crippen LogP contribution in [0.1, 0.15) is 36.5 Å². The molecular formula is C25H27ClN4O2. The molecule has 3 heterocycles. The van der Waals surface area contributed by atoms with Crippen LogP contribution in [0, 0.1) is 6.92 Å². The number of rotatable bonds is 6. The lowest BCUT2D eigenvalue weighted by atomic mass is 9.69. The van der Waals surface area contributed by atoms with Gasteiger partial charge in [-0.15, -0.1) is 0 Å². The van der Waals surface area contributed by atoms with Crippen LogP contribution in [-0.4, -0.2) is 36.1 Å². The number of carbonyl (C=O) groups is 1. The van der Waals surface area contributed by atoms with Gasteiger partial charge in [-0.25, -0.2) is 4.98 Å². The van der Waals surface area contributed by atoms with Crippen LogP contribution in [-0.2, 0) is 10.2 Å². The molecule has 0 aliphatic carbocycles. The molecule has 0 unspecified atom stereocenters. The molecule has 3 aromatic rings. The summed E-state index contributed by atoms with van der Waals surface area (Å²) >= 11 is 6.00. The van der Waals surface area contributed by atoms with E-state index in [2.05, 4.69) is 46.2 Å². The zero-order chi connectivity index (χ0) is 22.9. The Hall–Kier alpha value is -3.12. The summed E-state index contributed by atoms with van der Waals surface area (Å²) in [7, 11) is 1.54. The summed E-state index contributed by atoms with van der Waals surface area (Å²) in [6.45, 7) is 7.47. The molecule has 0 bridgehead atoms. The summed E-state index contributed by atoms with van der Waals surface area (Å²) in [6, 6.07) is 11.8. The Balaban J connectivity index is 1.73. The van der Waals surface area contributed by atoms with Crippen molar-refractivity contribution in [3.63, 3.8) is 0 Å². The number of carbonyl (C=O) groups excluding carboxylic acids is 1. The van der Waals surface area contributed by atoms with Crippen LogP contribution in [0.4, 0.5) is 11.4 Å². The molecule has 4 rings (SSSR count). The Labute approximate surface area is 193 Å². The maximum atomic E-state index is 13.8. The summed E-state index contributed by atoms with van der Waals surface area (Å²) in [4.78, 5) is 24.4. The summed E-state index contributed by atoms with van der Waals surface area (Å²) in [5.74, 6) is 0.683. The zero-order valence-corrected chi connectivity index (χ0v) is 19.5. The Bertz CT molecular complexity index is 1140. The predicted molar refractivity (Wildman–Crippen MR) is 128 cm³/mol. The van der Waals surface area contributed by atoms with E-state index in [1.165, 1.54) is 11.8 Å². The van der Waals surface area contributed by atoms with Crippen LogP contribution in [0.15, 0.2) is 55.0 Å². The highest BCUT2D eigenvalue weighted by atomic mass is 35.5. The molecule has 166 valence electrons. The Morgan fingerprint density at radius 1 is 1.22 bits per heavy atom. The van der Waals surface area contributed by atoms with Crippen LogP contribution in [0.2, 0.25) is 5.15 Å². The van der Waals surface area contributed by atoms with E-state index in [1.807, 2.05) is 31.3 Å². The third-order valence-corrected chi connectivity index (χ3v) is 6.29. The van der Waals surface area contributed by atoms with Gasteiger partial charge in [-0.2, -0.15) is 0 Å². The first-order chi connectivity index (χ1) is 15.4. The van der Waals surface area contributed by atoms with E-state index < -0.39 is 5.41 Å². The number of aryl methyl sites for hydroxylation is 1. The van der Waals surface area contributed by atoms with Crippen LogP contribution in [0.25, 0.3) is 0 Å². The minimum absolute atomic E-state index is 0.0871. The molecule has 7 heteroatoms. The fraction of sp³-hybridized carbons (Fsp3) is 0.320. The van der Waals surface area contributed by atoms with E-state index in [0.29, 0.717) is 35.6 Å². The average molecular weight is 451 g/mol. The number of ether oxygens (including phenoxy) is 1. The third-order valence-electron chi connectivity index (χ3n) is 6.09. The lowest BCUT2D eigenvalue weighted by Crippen LogP contribution is -2.65. The van der Waals surface area contributed by atoms with E-state index in [9.17, 15) is 4.79 Å². The number of aromatic nitrogens is 2. The molecule has 1 amide bonds. The number of amides is 1. The van der Waals surface area contributed by atoms with Gasteiger partial charge in [0.1, 0.15) is 22.0 Å². The first-order valence-electron chi connectivity index (χ1n) is 10.6. The number of pyridine rings is 2. The molecule has 32 heavy (non-hydrogen) atoms. The maximum Gasteiger partial charge on any atom is 0.238 e. The Morgan fingerprint density at radius 2 is 1.97 bits per heavy atom. The molecule has 0 radical (unpaired) electrons. The van der Waals surface area contributed by atoms with Crippen molar-refractivity contribution in [2.75, 3.05) is 30.4 Å².